The predicted octanol–water partition coefficient (Wildman–Crippen LogP) is 3.33. The molecule has 3 nitrogen and oxygen atoms in total. The first kappa shape index (κ1) is 16.2. The standard InChI is InChI=1S/C18H20ClFN2O/c19-16-6-1-2-7-17(16)22-10-8-21(9-11-22)13-18(23)14-4-3-5-15(20)12-14/h1-7,12,18,23H,8-11,13H2/t18-/m1/s1. The summed E-state index contributed by atoms with van der Waals surface area (Å²) < 4.78 is 13.2. The molecule has 0 saturated carbocycles. The first-order chi connectivity index (χ1) is 11.1. The van der Waals surface area contributed by atoms with E-state index < -0.39 is 6.10 Å². The van der Waals surface area contributed by atoms with Gasteiger partial charge in [0.1, 0.15) is 5.82 Å². The van der Waals surface area contributed by atoms with Crippen LogP contribution in [0.2, 0.25) is 5.02 Å². The molecule has 0 aliphatic carbocycles. The van der Waals surface area contributed by atoms with Crippen LogP contribution in [0.4, 0.5) is 10.1 Å². The molecule has 1 saturated heterocycles. The first-order valence-electron chi connectivity index (χ1n) is 7.79. The van der Waals surface area contributed by atoms with E-state index in [-0.39, 0.29) is 5.82 Å². The average molecular weight is 335 g/mol. The van der Waals surface area contributed by atoms with Crippen LogP contribution in [-0.4, -0.2) is 42.7 Å². The molecule has 2 aromatic rings. The summed E-state index contributed by atoms with van der Waals surface area (Å²) in [5, 5.41) is 11.0. The van der Waals surface area contributed by atoms with Gasteiger partial charge in [0.05, 0.1) is 16.8 Å². The molecule has 0 spiro atoms. The zero-order valence-electron chi connectivity index (χ0n) is 12.8. The van der Waals surface area contributed by atoms with E-state index in [1.165, 1.54) is 12.1 Å². The molecule has 1 N–H and O–H groups in total. The fourth-order valence-electron chi connectivity index (χ4n) is 2.94. The first-order valence-corrected chi connectivity index (χ1v) is 8.16. The van der Waals surface area contributed by atoms with E-state index >= 15 is 0 Å². The van der Waals surface area contributed by atoms with Crippen molar-refractivity contribution in [2.45, 2.75) is 6.10 Å². The smallest absolute Gasteiger partial charge is 0.123 e. The number of aliphatic hydroxyl groups excluding tert-OH is 1. The molecule has 0 radical (unpaired) electrons. The molecule has 23 heavy (non-hydrogen) atoms. The van der Waals surface area contributed by atoms with Gasteiger partial charge in [-0.05, 0) is 29.8 Å². The lowest BCUT2D eigenvalue weighted by atomic mass is 10.1. The van der Waals surface area contributed by atoms with E-state index in [9.17, 15) is 9.50 Å². The van der Waals surface area contributed by atoms with Crippen LogP contribution in [0.15, 0.2) is 48.5 Å². The van der Waals surface area contributed by atoms with Gasteiger partial charge in [0.2, 0.25) is 0 Å². The minimum absolute atomic E-state index is 0.315. The number of hydrogen-bond donors (Lipinski definition) is 1. The highest BCUT2D eigenvalue weighted by Gasteiger charge is 2.21. The summed E-state index contributed by atoms with van der Waals surface area (Å²) in [6.45, 7) is 3.92. The molecule has 2 aromatic carbocycles. The molecular formula is C18H20ClFN2O. The summed E-state index contributed by atoms with van der Waals surface area (Å²) >= 11 is 6.24. The molecule has 1 heterocycles. The Kier molecular flexibility index (Phi) is 5.16. The van der Waals surface area contributed by atoms with Crippen molar-refractivity contribution in [1.29, 1.82) is 0 Å². The third-order valence-electron chi connectivity index (χ3n) is 4.23. The molecule has 1 aliphatic heterocycles. The number of piperazine rings is 1. The Morgan fingerprint density at radius 3 is 2.48 bits per heavy atom. The van der Waals surface area contributed by atoms with Gasteiger partial charge in [0.15, 0.2) is 0 Å². The van der Waals surface area contributed by atoms with Crippen LogP contribution in [-0.2, 0) is 0 Å². The largest absolute Gasteiger partial charge is 0.387 e. The Morgan fingerprint density at radius 1 is 1.04 bits per heavy atom. The highest BCUT2D eigenvalue weighted by molar-refractivity contribution is 6.33. The second-order valence-electron chi connectivity index (χ2n) is 5.81. The van der Waals surface area contributed by atoms with Crippen molar-refractivity contribution in [1.82, 2.24) is 4.90 Å². The minimum Gasteiger partial charge on any atom is -0.387 e. The maximum absolute atomic E-state index is 13.2. The number of β-amino-alcohol motifs (C(OH)–C–C–N with tert-alkyl or cyclic N) is 1. The third-order valence-corrected chi connectivity index (χ3v) is 4.55. The van der Waals surface area contributed by atoms with E-state index in [0.29, 0.717) is 12.1 Å². The van der Waals surface area contributed by atoms with Crippen LogP contribution in [0.1, 0.15) is 11.7 Å². The van der Waals surface area contributed by atoms with Crippen molar-refractivity contribution >= 4 is 17.3 Å². The number of halogens is 2. The lowest BCUT2D eigenvalue weighted by molar-refractivity contribution is 0.109. The van der Waals surface area contributed by atoms with Crippen LogP contribution in [0.5, 0.6) is 0 Å². The van der Waals surface area contributed by atoms with Crippen LogP contribution >= 0.6 is 11.6 Å². The van der Waals surface area contributed by atoms with Gasteiger partial charge in [-0.25, -0.2) is 4.39 Å². The normalized spacial score (nSPS) is 17.3. The predicted molar refractivity (Wildman–Crippen MR) is 91.5 cm³/mol. The molecule has 1 fully saturated rings. The van der Waals surface area contributed by atoms with E-state index in [0.717, 1.165) is 36.9 Å². The second-order valence-corrected chi connectivity index (χ2v) is 6.22. The summed E-state index contributed by atoms with van der Waals surface area (Å²) in [5.74, 6) is -0.315. The lowest BCUT2D eigenvalue weighted by Crippen LogP contribution is -2.47. The minimum atomic E-state index is -0.669. The number of nitrogens with zero attached hydrogens (tertiary/aromatic N) is 2. The van der Waals surface area contributed by atoms with Crippen LogP contribution in [0.3, 0.4) is 0 Å². The third kappa shape index (κ3) is 4.02. The monoisotopic (exact) mass is 334 g/mol. The topological polar surface area (TPSA) is 26.7 Å². The summed E-state index contributed by atoms with van der Waals surface area (Å²) in [6.07, 6.45) is -0.669. The quantitative estimate of drug-likeness (QED) is 0.929. The number of aliphatic hydroxyl groups is 1. The Morgan fingerprint density at radius 2 is 1.78 bits per heavy atom. The van der Waals surface area contributed by atoms with Crippen LogP contribution in [0, 0.1) is 5.82 Å². The fraction of sp³-hybridized carbons (Fsp3) is 0.333. The SMILES string of the molecule is O[C@H](CN1CCN(c2ccccc2Cl)CC1)c1cccc(F)c1. The highest BCUT2D eigenvalue weighted by Crippen LogP contribution is 2.26. The van der Waals surface area contributed by atoms with Crippen LogP contribution < -0.4 is 4.90 Å². The Labute approximate surface area is 140 Å². The molecule has 0 bridgehead atoms. The molecular weight excluding hydrogens is 315 g/mol. The van der Waals surface area contributed by atoms with Gasteiger partial charge in [0.25, 0.3) is 0 Å². The number of para-hydroxylation sites is 1. The molecule has 122 valence electrons. The van der Waals surface area contributed by atoms with Crippen molar-refractivity contribution in [3.63, 3.8) is 0 Å². The number of rotatable bonds is 4. The van der Waals surface area contributed by atoms with Crippen molar-refractivity contribution in [3.8, 4) is 0 Å². The molecule has 5 heteroatoms. The van der Waals surface area contributed by atoms with Gasteiger partial charge in [0, 0.05) is 32.7 Å². The number of benzene rings is 2. The number of hydrogen-bond acceptors (Lipinski definition) is 3. The average Bonchev–Trinajstić information content (AvgIpc) is 2.56. The Hall–Kier alpha value is -1.62. The summed E-state index contributed by atoms with van der Waals surface area (Å²) in [4.78, 5) is 4.45. The van der Waals surface area contributed by atoms with E-state index in [1.54, 1.807) is 12.1 Å². The van der Waals surface area contributed by atoms with Gasteiger partial charge < -0.3 is 10.0 Å². The van der Waals surface area contributed by atoms with Crippen molar-refractivity contribution in [3.05, 3.63) is 64.9 Å². The summed E-state index contributed by atoms with van der Waals surface area (Å²) in [6, 6.07) is 14.0. The van der Waals surface area contributed by atoms with Gasteiger partial charge >= 0.3 is 0 Å². The van der Waals surface area contributed by atoms with E-state index in [1.807, 2.05) is 24.3 Å². The molecule has 0 aromatic heterocycles. The van der Waals surface area contributed by atoms with E-state index in [2.05, 4.69) is 9.80 Å². The molecule has 1 aliphatic rings. The Bertz CT molecular complexity index is 659. The van der Waals surface area contributed by atoms with Crippen molar-refractivity contribution in [2.24, 2.45) is 0 Å². The molecule has 1 atom stereocenters. The highest BCUT2D eigenvalue weighted by atomic mass is 35.5. The maximum atomic E-state index is 13.2. The van der Waals surface area contributed by atoms with Crippen LogP contribution in [0.25, 0.3) is 0 Å². The van der Waals surface area contributed by atoms with Gasteiger partial charge in [-0.1, -0.05) is 35.9 Å². The van der Waals surface area contributed by atoms with Gasteiger partial charge in [-0.15, -0.1) is 0 Å². The molecule has 0 amide bonds. The summed E-state index contributed by atoms with van der Waals surface area (Å²) in [7, 11) is 0. The lowest BCUT2D eigenvalue weighted by Gasteiger charge is -2.37. The zero-order chi connectivity index (χ0) is 16.2. The van der Waals surface area contributed by atoms with Gasteiger partial charge in [-0.3, -0.25) is 4.90 Å². The van der Waals surface area contributed by atoms with Crippen molar-refractivity contribution < 1.29 is 9.50 Å². The maximum Gasteiger partial charge on any atom is 0.123 e. The number of anilines is 1. The molecule has 3 rings (SSSR count). The summed E-state index contributed by atoms with van der Waals surface area (Å²) in [5.41, 5.74) is 1.68. The molecule has 0 unspecified atom stereocenters. The second kappa shape index (κ2) is 7.30. The van der Waals surface area contributed by atoms with Crippen molar-refractivity contribution in [2.75, 3.05) is 37.6 Å². The Balaban J connectivity index is 1.56. The van der Waals surface area contributed by atoms with Gasteiger partial charge in [-0.2, -0.15) is 0 Å². The van der Waals surface area contributed by atoms with E-state index in [4.69, 9.17) is 11.6 Å². The fourth-order valence-corrected chi connectivity index (χ4v) is 3.20. The zero-order valence-corrected chi connectivity index (χ0v) is 13.6.